The number of phenolic OH excluding ortho intramolecular Hbond substituents is 2. The summed E-state index contributed by atoms with van der Waals surface area (Å²) in [4.78, 5) is 15.7. The lowest BCUT2D eigenvalue weighted by atomic mass is 10.1. The number of pyridine rings is 1. The maximum absolute atomic E-state index is 11.8. The summed E-state index contributed by atoms with van der Waals surface area (Å²) in [5, 5.41) is 23.4. The van der Waals surface area contributed by atoms with Gasteiger partial charge in [0.1, 0.15) is 0 Å². The van der Waals surface area contributed by atoms with E-state index in [-0.39, 0.29) is 21.9 Å². The number of halogens is 2. The Kier molecular flexibility index (Phi) is 5.15. The van der Waals surface area contributed by atoms with Crippen LogP contribution < -0.4 is 5.43 Å². The molecule has 1 amide bonds. The first-order valence-electron chi connectivity index (χ1n) is 6.06. The lowest BCUT2D eigenvalue weighted by Crippen LogP contribution is -2.17. The smallest absolute Gasteiger partial charge is 0.271 e. The minimum Gasteiger partial charge on any atom is -0.503 e. The van der Waals surface area contributed by atoms with Crippen molar-refractivity contribution in [3.63, 3.8) is 0 Å². The Balaban J connectivity index is 2.23. The molecule has 0 fully saturated rings. The topological polar surface area (TPSA) is 94.8 Å². The summed E-state index contributed by atoms with van der Waals surface area (Å²) >= 11 is 6.37. The molecule has 1 aromatic carbocycles. The number of carbonyl (C=O) groups is 1. The summed E-state index contributed by atoms with van der Waals surface area (Å²) in [6.07, 6.45) is 4.39. The Morgan fingerprint density at radius 3 is 2.45 bits per heavy atom. The van der Waals surface area contributed by atoms with Crippen LogP contribution in [-0.4, -0.2) is 27.3 Å². The van der Waals surface area contributed by atoms with Gasteiger partial charge in [0.15, 0.2) is 11.5 Å². The average Bonchev–Trinajstić information content (AvgIpc) is 2.55. The largest absolute Gasteiger partial charge is 0.503 e. The van der Waals surface area contributed by atoms with Crippen molar-refractivity contribution in [1.82, 2.24) is 10.4 Å². The lowest BCUT2D eigenvalue weighted by molar-refractivity contribution is 0.0955. The minimum absolute atomic E-state index is 0.262. The number of hydrogen-bond donors (Lipinski definition) is 3. The van der Waals surface area contributed by atoms with Gasteiger partial charge in [0.25, 0.3) is 5.91 Å². The van der Waals surface area contributed by atoms with Crippen LogP contribution in [0.15, 0.2) is 38.6 Å². The number of aromatic nitrogens is 1. The molecule has 0 spiro atoms. The van der Waals surface area contributed by atoms with Gasteiger partial charge in [-0.25, -0.2) is 5.43 Å². The van der Waals surface area contributed by atoms with Crippen molar-refractivity contribution in [2.75, 3.05) is 0 Å². The fourth-order valence-electron chi connectivity index (χ4n) is 1.67. The number of aromatic hydroxyl groups is 2. The highest BCUT2D eigenvalue weighted by Crippen LogP contribution is 2.43. The highest BCUT2D eigenvalue weighted by molar-refractivity contribution is 9.11. The second-order valence-corrected chi connectivity index (χ2v) is 5.88. The van der Waals surface area contributed by atoms with E-state index in [9.17, 15) is 15.0 Å². The summed E-state index contributed by atoms with van der Waals surface area (Å²) in [6.45, 7) is 1.74. The third-order valence-corrected chi connectivity index (χ3v) is 4.69. The number of carbonyl (C=O) groups excluding carboxylic acids is 1. The van der Waals surface area contributed by atoms with Crippen molar-refractivity contribution in [2.24, 2.45) is 5.10 Å². The third kappa shape index (κ3) is 3.28. The molecule has 0 saturated heterocycles. The van der Waals surface area contributed by atoms with Gasteiger partial charge in [-0.15, -0.1) is 0 Å². The number of rotatable bonds is 3. The van der Waals surface area contributed by atoms with Crippen LogP contribution in [0, 0.1) is 6.92 Å². The molecule has 114 valence electrons. The van der Waals surface area contributed by atoms with Crippen LogP contribution in [0.2, 0.25) is 0 Å². The van der Waals surface area contributed by atoms with Gasteiger partial charge in [0.05, 0.1) is 15.2 Å². The van der Waals surface area contributed by atoms with Crippen molar-refractivity contribution in [3.8, 4) is 11.5 Å². The Bertz CT molecular complexity index is 720. The van der Waals surface area contributed by atoms with Gasteiger partial charge >= 0.3 is 0 Å². The van der Waals surface area contributed by atoms with Crippen molar-refractivity contribution in [1.29, 1.82) is 0 Å². The molecule has 0 aliphatic heterocycles. The van der Waals surface area contributed by atoms with Crippen LogP contribution in [0.5, 0.6) is 11.5 Å². The van der Waals surface area contributed by atoms with E-state index >= 15 is 0 Å². The molecule has 1 heterocycles. The first kappa shape index (κ1) is 16.4. The molecule has 0 unspecified atom stereocenters. The molecular formula is C14H11Br2N3O3. The minimum atomic E-state index is -0.380. The number of hydrazone groups is 1. The summed E-state index contributed by atoms with van der Waals surface area (Å²) in [7, 11) is 0. The van der Waals surface area contributed by atoms with Gasteiger partial charge in [0, 0.05) is 23.5 Å². The molecule has 3 N–H and O–H groups in total. The standard InChI is InChI=1S/C14H11Br2N3O3/c1-7-9(11(16)13(21)12(20)10(7)15)6-18-19-14(22)8-2-4-17-5-3-8/h2-6,20-21H,1H3,(H,19,22)/b18-6-. The second-order valence-electron chi connectivity index (χ2n) is 4.30. The SMILES string of the molecule is Cc1c(Br)c(O)c(O)c(Br)c1/C=N\NC(=O)c1ccncc1. The highest BCUT2D eigenvalue weighted by Gasteiger charge is 2.17. The second kappa shape index (κ2) is 6.89. The van der Waals surface area contributed by atoms with Crippen LogP contribution in [0.1, 0.15) is 21.5 Å². The van der Waals surface area contributed by atoms with Crippen molar-refractivity contribution < 1.29 is 15.0 Å². The van der Waals surface area contributed by atoms with Gasteiger partial charge < -0.3 is 10.2 Å². The molecule has 0 aliphatic carbocycles. The molecule has 22 heavy (non-hydrogen) atoms. The van der Waals surface area contributed by atoms with Crippen LogP contribution in [0.25, 0.3) is 0 Å². The fraction of sp³-hybridized carbons (Fsp3) is 0.0714. The zero-order chi connectivity index (χ0) is 16.3. The van der Waals surface area contributed by atoms with Gasteiger partial charge in [-0.1, -0.05) is 0 Å². The number of hydrogen-bond acceptors (Lipinski definition) is 5. The van der Waals surface area contributed by atoms with Gasteiger partial charge in [-0.05, 0) is 56.5 Å². The van der Waals surface area contributed by atoms with E-state index in [1.54, 1.807) is 19.1 Å². The van der Waals surface area contributed by atoms with Crippen molar-refractivity contribution in [2.45, 2.75) is 6.92 Å². The van der Waals surface area contributed by atoms with Gasteiger partial charge in [-0.3, -0.25) is 9.78 Å². The Hall–Kier alpha value is -1.93. The van der Waals surface area contributed by atoms with E-state index in [0.717, 1.165) is 0 Å². The molecule has 0 bridgehead atoms. The molecular weight excluding hydrogens is 418 g/mol. The quantitative estimate of drug-likeness (QED) is 0.397. The number of nitrogens with one attached hydrogen (secondary N) is 1. The lowest BCUT2D eigenvalue weighted by Gasteiger charge is -2.10. The Morgan fingerprint density at radius 2 is 1.82 bits per heavy atom. The van der Waals surface area contributed by atoms with E-state index in [2.05, 4.69) is 47.4 Å². The van der Waals surface area contributed by atoms with Crippen LogP contribution >= 0.6 is 31.9 Å². The summed E-state index contributed by atoms with van der Waals surface area (Å²) in [5.74, 6) is -0.948. The Labute approximate surface area is 143 Å². The molecule has 0 saturated carbocycles. The molecule has 2 aromatic rings. The van der Waals surface area contributed by atoms with E-state index in [1.807, 2.05) is 0 Å². The molecule has 1 aromatic heterocycles. The fourth-order valence-corrected chi connectivity index (χ4v) is 2.66. The molecule has 0 aliphatic rings. The maximum atomic E-state index is 11.8. The number of benzene rings is 1. The van der Waals surface area contributed by atoms with E-state index in [0.29, 0.717) is 21.2 Å². The zero-order valence-electron chi connectivity index (χ0n) is 11.3. The monoisotopic (exact) mass is 427 g/mol. The molecule has 0 atom stereocenters. The summed E-state index contributed by atoms with van der Waals surface area (Å²) in [6, 6.07) is 3.13. The predicted octanol–water partition coefficient (Wildman–Crippen LogP) is 3.09. The van der Waals surface area contributed by atoms with Crippen molar-refractivity contribution in [3.05, 3.63) is 50.2 Å². The van der Waals surface area contributed by atoms with Crippen LogP contribution in [0.4, 0.5) is 0 Å². The maximum Gasteiger partial charge on any atom is 0.271 e. The van der Waals surface area contributed by atoms with Gasteiger partial charge in [-0.2, -0.15) is 5.10 Å². The number of amides is 1. The Morgan fingerprint density at radius 1 is 1.23 bits per heavy atom. The molecule has 2 rings (SSSR count). The van der Waals surface area contributed by atoms with Crippen molar-refractivity contribution >= 4 is 44.0 Å². The van der Waals surface area contributed by atoms with Gasteiger partial charge in [0.2, 0.25) is 0 Å². The van der Waals surface area contributed by atoms with Crippen LogP contribution in [0.3, 0.4) is 0 Å². The third-order valence-electron chi connectivity index (χ3n) is 2.91. The molecule has 8 heteroatoms. The molecule has 0 radical (unpaired) electrons. The highest BCUT2D eigenvalue weighted by atomic mass is 79.9. The number of nitrogens with zero attached hydrogens (tertiary/aromatic N) is 2. The normalized spacial score (nSPS) is 10.9. The van der Waals surface area contributed by atoms with E-state index < -0.39 is 0 Å². The van der Waals surface area contributed by atoms with E-state index in [1.165, 1.54) is 18.6 Å². The average molecular weight is 429 g/mol. The summed E-state index contributed by atoms with van der Waals surface area (Å²) in [5.41, 5.74) is 3.99. The first-order valence-corrected chi connectivity index (χ1v) is 7.65. The van der Waals surface area contributed by atoms with E-state index in [4.69, 9.17) is 0 Å². The summed E-state index contributed by atoms with van der Waals surface area (Å²) < 4.78 is 0.641. The zero-order valence-corrected chi connectivity index (χ0v) is 14.5. The first-order chi connectivity index (χ1) is 10.4. The van der Waals surface area contributed by atoms with Crippen LogP contribution in [-0.2, 0) is 0 Å². The number of phenols is 2. The molecule has 6 nitrogen and oxygen atoms in total. The predicted molar refractivity (Wildman–Crippen MR) is 89.2 cm³/mol.